The van der Waals surface area contributed by atoms with Crippen molar-refractivity contribution in [2.75, 3.05) is 7.11 Å². The lowest BCUT2D eigenvalue weighted by molar-refractivity contribution is 0.0599. The molecule has 0 radical (unpaired) electrons. The van der Waals surface area contributed by atoms with Gasteiger partial charge in [-0.3, -0.25) is 4.98 Å². The number of halogens is 1. The Kier molecular flexibility index (Phi) is 4.81. The summed E-state index contributed by atoms with van der Waals surface area (Å²) in [7, 11) is 3.38. The number of ether oxygens (including phenoxy) is 1. The summed E-state index contributed by atoms with van der Waals surface area (Å²) in [6, 6.07) is 14.8. The molecule has 0 atom stereocenters. The third kappa shape index (κ3) is 3.72. The molecular weight excluding hydrogens is 391 g/mol. The van der Waals surface area contributed by atoms with E-state index in [9.17, 15) is 9.18 Å². The third-order valence-corrected chi connectivity index (χ3v) is 6.01. The van der Waals surface area contributed by atoms with Gasteiger partial charge in [-0.2, -0.15) is 0 Å². The number of pyridine rings is 1. The van der Waals surface area contributed by atoms with Crippen LogP contribution in [0, 0.1) is 5.82 Å². The van der Waals surface area contributed by atoms with Gasteiger partial charge in [0.05, 0.1) is 18.4 Å². The molecule has 0 unspecified atom stereocenters. The summed E-state index contributed by atoms with van der Waals surface area (Å²) in [4.78, 5) is 17.0. The standard InChI is InChI=1S/C26H23FN2O2/c1-29-15-23(18-4-3-5-20(27)12-18)21-10-16(6-9-25(21)29)11-24-22(26(30)31-2)13-19(14-28-24)17-7-8-17/h3-6,9-10,12-15,17H,7-8,11H2,1-2H3. The van der Waals surface area contributed by atoms with Crippen LogP contribution in [0.2, 0.25) is 0 Å². The fourth-order valence-corrected chi connectivity index (χ4v) is 4.21. The molecule has 0 saturated heterocycles. The topological polar surface area (TPSA) is 44.1 Å². The molecule has 156 valence electrons. The lowest BCUT2D eigenvalue weighted by Crippen LogP contribution is -2.09. The Morgan fingerprint density at radius 1 is 1.19 bits per heavy atom. The average molecular weight is 414 g/mol. The van der Waals surface area contributed by atoms with Crippen LogP contribution in [-0.4, -0.2) is 22.6 Å². The first-order chi connectivity index (χ1) is 15.0. The second kappa shape index (κ2) is 7.65. The van der Waals surface area contributed by atoms with Crippen molar-refractivity contribution in [2.45, 2.75) is 25.2 Å². The molecule has 0 N–H and O–H groups in total. The van der Waals surface area contributed by atoms with Gasteiger partial charge >= 0.3 is 5.97 Å². The van der Waals surface area contributed by atoms with Crippen molar-refractivity contribution in [3.63, 3.8) is 0 Å². The molecule has 5 heteroatoms. The van der Waals surface area contributed by atoms with E-state index in [1.54, 1.807) is 12.1 Å². The van der Waals surface area contributed by atoms with Gasteiger partial charge in [0.15, 0.2) is 0 Å². The highest BCUT2D eigenvalue weighted by atomic mass is 19.1. The summed E-state index contributed by atoms with van der Waals surface area (Å²) in [6.07, 6.45) is 6.72. The monoisotopic (exact) mass is 414 g/mol. The van der Waals surface area contributed by atoms with Gasteiger partial charge in [0.1, 0.15) is 5.82 Å². The maximum absolute atomic E-state index is 13.8. The van der Waals surface area contributed by atoms with Crippen LogP contribution >= 0.6 is 0 Å². The van der Waals surface area contributed by atoms with Crippen LogP contribution in [0.25, 0.3) is 22.0 Å². The number of aryl methyl sites for hydroxylation is 1. The molecule has 4 nitrogen and oxygen atoms in total. The zero-order valence-electron chi connectivity index (χ0n) is 17.6. The van der Waals surface area contributed by atoms with E-state index < -0.39 is 0 Å². The minimum atomic E-state index is -0.355. The highest BCUT2D eigenvalue weighted by Crippen LogP contribution is 2.40. The molecule has 1 fully saturated rings. The predicted molar refractivity (Wildman–Crippen MR) is 119 cm³/mol. The Hall–Kier alpha value is -3.47. The fourth-order valence-electron chi connectivity index (χ4n) is 4.21. The molecule has 1 aliphatic rings. The molecule has 1 aliphatic carbocycles. The normalized spacial score (nSPS) is 13.5. The van der Waals surface area contributed by atoms with E-state index in [-0.39, 0.29) is 11.8 Å². The van der Waals surface area contributed by atoms with E-state index in [1.807, 2.05) is 36.1 Å². The van der Waals surface area contributed by atoms with E-state index in [0.29, 0.717) is 23.6 Å². The molecule has 2 heterocycles. The fraction of sp³-hybridized carbons (Fsp3) is 0.231. The van der Waals surface area contributed by atoms with Crippen LogP contribution in [0.3, 0.4) is 0 Å². The number of carbonyl (C=O) groups is 1. The zero-order chi connectivity index (χ0) is 21.5. The maximum Gasteiger partial charge on any atom is 0.339 e. The van der Waals surface area contributed by atoms with Crippen molar-refractivity contribution in [1.29, 1.82) is 0 Å². The third-order valence-electron chi connectivity index (χ3n) is 6.01. The molecule has 31 heavy (non-hydrogen) atoms. The van der Waals surface area contributed by atoms with Crippen molar-refractivity contribution in [3.8, 4) is 11.1 Å². The number of hydrogen-bond donors (Lipinski definition) is 0. The quantitative estimate of drug-likeness (QED) is 0.397. The Balaban J connectivity index is 1.56. The number of carbonyl (C=O) groups excluding carboxylic acids is 1. The number of hydrogen-bond acceptors (Lipinski definition) is 3. The van der Waals surface area contributed by atoms with Crippen molar-refractivity contribution >= 4 is 16.9 Å². The molecule has 0 amide bonds. The average Bonchev–Trinajstić information content (AvgIpc) is 3.57. The van der Waals surface area contributed by atoms with Crippen LogP contribution in [0.5, 0.6) is 0 Å². The molecule has 1 saturated carbocycles. The Bertz CT molecular complexity index is 1300. The van der Waals surface area contributed by atoms with Crippen molar-refractivity contribution < 1.29 is 13.9 Å². The molecule has 0 bridgehead atoms. The molecule has 4 aromatic rings. The van der Waals surface area contributed by atoms with Crippen LogP contribution in [-0.2, 0) is 18.2 Å². The first kappa shape index (κ1) is 19.5. The predicted octanol–water partition coefficient (Wildman–Crippen LogP) is 5.63. The second-order valence-electron chi connectivity index (χ2n) is 8.22. The largest absolute Gasteiger partial charge is 0.465 e. The lowest BCUT2D eigenvalue weighted by Gasteiger charge is -2.10. The van der Waals surface area contributed by atoms with Crippen molar-refractivity contribution in [2.24, 2.45) is 7.05 Å². The van der Waals surface area contributed by atoms with Crippen molar-refractivity contribution in [1.82, 2.24) is 9.55 Å². The number of fused-ring (bicyclic) bond motifs is 1. The van der Waals surface area contributed by atoms with Gasteiger partial charge in [-0.15, -0.1) is 0 Å². The van der Waals surface area contributed by atoms with Gasteiger partial charge in [0, 0.05) is 42.3 Å². The van der Waals surface area contributed by atoms with Gasteiger partial charge in [0.2, 0.25) is 0 Å². The summed E-state index contributed by atoms with van der Waals surface area (Å²) in [6.45, 7) is 0. The van der Waals surface area contributed by atoms with Crippen molar-refractivity contribution in [3.05, 3.63) is 89.1 Å². The van der Waals surface area contributed by atoms with E-state index >= 15 is 0 Å². The van der Waals surface area contributed by atoms with Crippen LogP contribution in [0.1, 0.15) is 45.9 Å². The zero-order valence-corrected chi connectivity index (χ0v) is 17.6. The summed E-state index contributed by atoms with van der Waals surface area (Å²) >= 11 is 0. The number of esters is 1. The van der Waals surface area contributed by atoms with E-state index in [0.717, 1.165) is 46.0 Å². The minimum Gasteiger partial charge on any atom is -0.465 e. The minimum absolute atomic E-state index is 0.256. The molecular formula is C26H23FN2O2. The van der Waals surface area contributed by atoms with Gasteiger partial charge < -0.3 is 9.30 Å². The number of benzene rings is 2. The smallest absolute Gasteiger partial charge is 0.339 e. The molecule has 0 aliphatic heterocycles. The number of methoxy groups -OCH3 is 1. The van der Waals surface area contributed by atoms with Gasteiger partial charge in [-0.1, -0.05) is 18.2 Å². The summed E-state index contributed by atoms with van der Waals surface area (Å²) < 4.78 is 20.9. The highest BCUT2D eigenvalue weighted by molar-refractivity contribution is 5.96. The molecule has 5 rings (SSSR count). The van der Waals surface area contributed by atoms with E-state index in [2.05, 4.69) is 23.2 Å². The van der Waals surface area contributed by atoms with Gasteiger partial charge in [0.25, 0.3) is 0 Å². The summed E-state index contributed by atoms with van der Waals surface area (Å²) in [5.74, 6) is -0.0981. The van der Waals surface area contributed by atoms with Crippen LogP contribution < -0.4 is 0 Å². The molecule has 2 aromatic carbocycles. The first-order valence-electron chi connectivity index (χ1n) is 10.4. The van der Waals surface area contributed by atoms with Crippen LogP contribution in [0.4, 0.5) is 4.39 Å². The van der Waals surface area contributed by atoms with Gasteiger partial charge in [-0.05, 0) is 65.8 Å². The van der Waals surface area contributed by atoms with Gasteiger partial charge in [-0.25, -0.2) is 9.18 Å². The van der Waals surface area contributed by atoms with E-state index in [4.69, 9.17) is 4.74 Å². The number of aromatic nitrogens is 2. The van der Waals surface area contributed by atoms with Crippen LogP contribution in [0.15, 0.2) is 60.9 Å². The lowest BCUT2D eigenvalue weighted by atomic mass is 9.99. The number of rotatable bonds is 5. The summed E-state index contributed by atoms with van der Waals surface area (Å²) in [5.41, 5.74) is 6.26. The summed E-state index contributed by atoms with van der Waals surface area (Å²) in [5, 5.41) is 1.04. The first-order valence-corrected chi connectivity index (χ1v) is 10.4. The Morgan fingerprint density at radius 2 is 2.03 bits per heavy atom. The number of nitrogens with zero attached hydrogens (tertiary/aromatic N) is 2. The Labute approximate surface area is 180 Å². The maximum atomic E-state index is 13.8. The highest BCUT2D eigenvalue weighted by Gasteiger charge is 2.26. The Morgan fingerprint density at radius 3 is 2.77 bits per heavy atom. The SMILES string of the molecule is COC(=O)c1cc(C2CC2)cnc1Cc1ccc2c(c1)c(-c1cccc(F)c1)cn2C. The van der Waals surface area contributed by atoms with E-state index in [1.165, 1.54) is 13.2 Å². The molecule has 0 spiro atoms. The second-order valence-corrected chi connectivity index (χ2v) is 8.22. The molecule has 2 aromatic heterocycles.